The summed E-state index contributed by atoms with van der Waals surface area (Å²) in [6.45, 7) is 2.14. The fourth-order valence-corrected chi connectivity index (χ4v) is 4.57. The van der Waals surface area contributed by atoms with Gasteiger partial charge in [-0.3, -0.25) is 11.3 Å². The lowest BCUT2D eigenvalue weighted by Crippen LogP contribution is -2.49. The number of hydrogen-bond donors (Lipinski definition) is 2. The maximum Gasteiger partial charge on any atom is 0.154 e. The summed E-state index contributed by atoms with van der Waals surface area (Å²) in [5.74, 6) is 5.83. The van der Waals surface area contributed by atoms with Crippen molar-refractivity contribution in [1.82, 2.24) is 5.43 Å². The summed E-state index contributed by atoms with van der Waals surface area (Å²) >= 11 is 0. The van der Waals surface area contributed by atoms with E-state index < -0.39 is 9.84 Å². The number of unbranched alkanes of at least 4 members (excludes halogenated alkanes) is 2. The summed E-state index contributed by atoms with van der Waals surface area (Å²) in [5.41, 5.74) is 2.71. The van der Waals surface area contributed by atoms with E-state index in [4.69, 9.17) is 5.84 Å². The zero-order valence-corrected chi connectivity index (χ0v) is 10.9. The summed E-state index contributed by atoms with van der Waals surface area (Å²) in [4.78, 5) is 0. The van der Waals surface area contributed by atoms with Crippen LogP contribution in [0.3, 0.4) is 0 Å². The van der Waals surface area contributed by atoms with E-state index in [1.54, 1.807) is 0 Å². The van der Waals surface area contributed by atoms with Gasteiger partial charge in [0.15, 0.2) is 9.84 Å². The summed E-state index contributed by atoms with van der Waals surface area (Å²) < 4.78 is 23.8. The van der Waals surface area contributed by atoms with Gasteiger partial charge in [-0.15, -0.1) is 0 Å². The van der Waals surface area contributed by atoms with Gasteiger partial charge in [-0.25, -0.2) is 8.42 Å². The van der Waals surface area contributed by atoms with Crippen LogP contribution in [-0.2, 0) is 9.84 Å². The molecule has 96 valence electrons. The summed E-state index contributed by atoms with van der Waals surface area (Å²) in [5, 5.41) is -0.261. The van der Waals surface area contributed by atoms with Gasteiger partial charge in [0.05, 0.1) is 11.0 Å². The molecule has 1 aliphatic rings. The first-order valence-corrected chi connectivity index (χ1v) is 8.01. The van der Waals surface area contributed by atoms with E-state index in [2.05, 4.69) is 12.3 Å². The van der Waals surface area contributed by atoms with Crippen LogP contribution >= 0.6 is 0 Å². The molecule has 5 heteroatoms. The number of hydrazine groups is 1. The molecule has 2 unspecified atom stereocenters. The normalized spacial score (nSPS) is 26.5. The lowest BCUT2D eigenvalue weighted by Gasteiger charge is -2.29. The summed E-state index contributed by atoms with van der Waals surface area (Å²) in [6.07, 6.45) is 6.80. The molecule has 0 radical (unpaired) electrons. The number of nitrogens with two attached hydrogens (primary N) is 1. The Balaban J connectivity index is 2.56. The van der Waals surface area contributed by atoms with E-state index in [0.29, 0.717) is 5.75 Å². The predicted octanol–water partition coefficient (Wildman–Crippen LogP) is 1.37. The highest BCUT2D eigenvalue weighted by Gasteiger charge is 2.34. The van der Waals surface area contributed by atoms with Crippen LogP contribution in [0, 0.1) is 0 Å². The summed E-state index contributed by atoms with van der Waals surface area (Å²) in [6, 6.07) is -0.0585. The van der Waals surface area contributed by atoms with Crippen LogP contribution in [0.15, 0.2) is 0 Å². The zero-order chi connectivity index (χ0) is 12.0. The third-order valence-corrected chi connectivity index (χ3v) is 5.75. The average molecular weight is 248 g/mol. The van der Waals surface area contributed by atoms with Gasteiger partial charge >= 0.3 is 0 Å². The van der Waals surface area contributed by atoms with E-state index in [-0.39, 0.29) is 11.3 Å². The molecule has 0 spiro atoms. The Morgan fingerprint density at radius 1 is 1.38 bits per heavy atom. The van der Waals surface area contributed by atoms with Crippen molar-refractivity contribution in [2.75, 3.05) is 5.75 Å². The highest BCUT2D eigenvalue weighted by molar-refractivity contribution is 7.92. The van der Waals surface area contributed by atoms with Gasteiger partial charge in [0, 0.05) is 6.04 Å². The van der Waals surface area contributed by atoms with Crippen LogP contribution in [0.1, 0.15) is 51.9 Å². The monoisotopic (exact) mass is 248 g/mol. The van der Waals surface area contributed by atoms with E-state index in [1.165, 1.54) is 0 Å². The molecule has 0 aliphatic carbocycles. The lowest BCUT2D eigenvalue weighted by atomic mass is 10.0. The Bertz CT molecular complexity index is 290. The molecule has 3 N–H and O–H groups in total. The first-order valence-electron chi connectivity index (χ1n) is 6.29. The van der Waals surface area contributed by atoms with E-state index in [9.17, 15) is 8.42 Å². The molecule has 0 saturated carbocycles. The van der Waals surface area contributed by atoms with Crippen molar-refractivity contribution >= 4 is 9.84 Å². The van der Waals surface area contributed by atoms with Gasteiger partial charge in [-0.1, -0.05) is 32.6 Å². The second kappa shape index (κ2) is 6.57. The fraction of sp³-hybridized carbons (Fsp3) is 1.00. The zero-order valence-electron chi connectivity index (χ0n) is 10.1. The van der Waals surface area contributed by atoms with Crippen LogP contribution in [-0.4, -0.2) is 25.5 Å². The number of sulfone groups is 1. The van der Waals surface area contributed by atoms with Crippen molar-refractivity contribution in [2.45, 2.75) is 63.2 Å². The molecule has 16 heavy (non-hydrogen) atoms. The Morgan fingerprint density at radius 3 is 2.69 bits per heavy atom. The Morgan fingerprint density at radius 2 is 2.12 bits per heavy atom. The van der Waals surface area contributed by atoms with Crippen molar-refractivity contribution in [2.24, 2.45) is 5.84 Å². The molecule has 2 atom stereocenters. The smallest absolute Gasteiger partial charge is 0.154 e. The maximum absolute atomic E-state index is 11.9. The number of rotatable bonds is 6. The fourth-order valence-electron chi connectivity index (χ4n) is 2.42. The lowest BCUT2D eigenvalue weighted by molar-refractivity contribution is 0.410. The van der Waals surface area contributed by atoms with E-state index in [0.717, 1.165) is 44.9 Å². The topological polar surface area (TPSA) is 72.2 Å². The largest absolute Gasteiger partial charge is 0.271 e. The van der Waals surface area contributed by atoms with Gasteiger partial charge in [0.1, 0.15) is 0 Å². The van der Waals surface area contributed by atoms with E-state index >= 15 is 0 Å². The van der Waals surface area contributed by atoms with Gasteiger partial charge in [-0.05, 0) is 19.3 Å². The second-order valence-corrected chi connectivity index (χ2v) is 7.01. The quantitative estimate of drug-likeness (QED) is 0.423. The molecule has 1 aliphatic heterocycles. The molecule has 1 fully saturated rings. The minimum absolute atomic E-state index is 0.0585. The van der Waals surface area contributed by atoms with Gasteiger partial charge in [0.25, 0.3) is 0 Å². The standard InChI is InChI=1S/C11H24N2O2S/c1-2-3-4-7-10(13-12)11-8-5-6-9-16(11,14)15/h10-11,13H,2-9,12H2,1H3. The van der Waals surface area contributed by atoms with Crippen LogP contribution in [0.25, 0.3) is 0 Å². The molecule has 4 nitrogen and oxygen atoms in total. The highest BCUT2D eigenvalue weighted by atomic mass is 32.2. The van der Waals surface area contributed by atoms with Gasteiger partial charge < -0.3 is 0 Å². The molecule has 0 aromatic rings. The van der Waals surface area contributed by atoms with Crippen molar-refractivity contribution in [3.8, 4) is 0 Å². The number of nitrogens with one attached hydrogen (secondary N) is 1. The molecular weight excluding hydrogens is 224 g/mol. The van der Waals surface area contributed by atoms with Crippen LogP contribution in [0.5, 0.6) is 0 Å². The molecular formula is C11H24N2O2S. The average Bonchev–Trinajstić information content (AvgIpc) is 2.25. The third-order valence-electron chi connectivity index (χ3n) is 3.41. The maximum atomic E-state index is 11.9. The van der Waals surface area contributed by atoms with E-state index in [1.807, 2.05) is 0 Å². The van der Waals surface area contributed by atoms with Crippen LogP contribution in [0.4, 0.5) is 0 Å². The Labute approximate surface area is 98.9 Å². The minimum atomic E-state index is -2.91. The predicted molar refractivity (Wildman–Crippen MR) is 66.7 cm³/mol. The van der Waals surface area contributed by atoms with Crippen molar-refractivity contribution in [1.29, 1.82) is 0 Å². The first kappa shape index (κ1) is 13.9. The van der Waals surface area contributed by atoms with Crippen molar-refractivity contribution in [3.63, 3.8) is 0 Å². The van der Waals surface area contributed by atoms with Crippen molar-refractivity contribution < 1.29 is 8.42 Å². The molecule has 0 aromatic carbocycles. The minimum Gasteiger partial charge on any atom is -0.271 e. The molecule has 1 rings (SSSR count). The summed E-state index contributed by atoms with van der Waals surface area (Å²) in [7, 11) is -2.91. The first-order chi connectivity index (χ1) is 7.61. The SMILES string of the molecule is CCCCCC(NN)C1CCCCS1(=O)=O. The second-order valence-electron chi connectivity index (χ2n) is 4.67. The molecule has 0 bridgehead atoms. The molecule has 0 amide bonds. The van der Waals surface area contributed by atoms with Crippen LogP contribution in [0.2, 0.25) is 0 Å². The van der Waals surface area contributed by atoms with Crippen LogP contribution < -0.4 is 11.3 Å². The van der Waals surface area contributed by atoms with Gasteiger partial charge in [-0.2, -0.15) is 0 Å². The third kappa shape index (κ3) is 3.71. The van der Waals surface area contributed by atoms with Gasteiger partial charge in [0.2, 0.25) is 0 Å². The molecule has 1 saturated heterocycles. The Hall–Kier alpha value is -0.130. The molecule has 0 aromatic heterocycles. The highest BCUT2D eigenvalue weighted by Crippen LogP contribution is 2.24. The number of hydrogen-bond acceptors (Lipinski definition) is 4. The van der Waals surface area contributed by atoms with Crippen molar-refractivity contribution in [3.05, 3.63) is 0 Å². The molecule has 1 heterocycles. The Kier molecular flexibility index (Phi) is 5.72.